The number of hydrogen-bond acceptors (Lipinski definition) is 5. The van der Waals surface area contributed by atoms with Gasteiger partial charge < -0.3 is 25.0 Å². The summed E-state index contributed by atoms with van der Waals surface area (Å²) in [4.78, 5) is 11.3. The van der Waals surface area contributed by atoms with Crippen molar-refractivity contribution in [1.82, 2.24) is 4.57 Å². The summed E-state index contributed by atoms with van der Waals surface area (Å²) in [5.74, 6) is 0.196. The van der Waals surface area contributed by atoms with Gasteiger partial charge in [0.2, 0.25) is 0 Å². The predicted molar refractivity (Wildman–Crippen MR) is 79.7 cm³/mol. The van der Waals surface area contributed by atoms with E-state index in [-0.39, 0.29) is 11.4 Å². The van der Waals surface area contributed by atoms with Gasteiger partial charge in [-0.1, -0.05) is 12.1 Å². The van der Waals surface area contributed by atoms with Crippen LogP contribution in [0.15, 0.2) is 36.5 Å². The number of benzene rings is 1. The molecule has 2 atom stereocenters. The summed E-state index contributed by atoms with van der Waals surface area (Å²) in [6.45, 7) is -0.0705. The fraction of sp³-hybridized carbons (Fsp3) is 0.312. The van der Waals surface area contributed by atoms with Crippen LogP contribution >= 0.6 is 0 Å². The van der Waals surface area contributed by atoms with E-state index in [2.05, 4.69) is 0 Å². The van der Waals surface area contributed by atoms with Gasteiger partial charge in [-0.25, -0.2) is 0 Å². The highest BCUT2D eigenvalue weighted by Crippen LogP contribution is 2.22. The largest absolute Gasteiger partial charge is 0.508 e. The lowest BCUT2D eigenvalue weighted by atomic mass is 10.1. The summed E-state index contributed by atoms with van der Waals surface area (Å²) in [6.07, 6.45) is 0.298. The highest BCUT2D eigenvalue weighted by molar-refractivity contribution is 5.75. The second kappa shape index (κ2) is 7.22. The molecule has 1 aromatic carbocycles. The molecule has 22 heavy (non-hydrogen) atoms. The highest BCUT2D eigenvalue weighted by atomic mass is 16.4. The number of aryl methyl sites for hydroxylation is 2. The van der Waals surface area contributed by atoms with Crippen LogP contribution in [0, 0.1) is 0 Å². The van der Waals surface area contributed by atoms with E-state index >= 15 is 0 Å². The van der Waals surface area contributed by atoms with E-state index < -0.39 is 18.8 Å². The van der Waals surface area contributed by atoms with Crippen molar-refractivity contribution < 1.29 is 25.2 Å². The quantitative estimate of drug-likeness (QED) is 0.562. The lowest BCUT2D eigenvalue weighted by Gasteiger charge is -2.16. The number of aliphatic hydroxyl groups is 3. The van der Waals surface area contributed by atoms with Gasteiger partial charge in [-0.15, -0.1) is 0 Å². The maximum atomic E-state index is 11.3. The molecule has 0 saturated carbocycles. The van der Waals surface area contributed by atoms with Crippen molar-refractivity contribution >= 4 is 6.29 Å². The fourth-order valence-corrected chi connectivity index (χ4v) is 2.30. The van der Waals surface area contributed by atoms with Crippen molar-refractivity contribution in [3.05, 3.63) is 53.3 Å². The van der Waals surface area contributed by atoms with E-state index in [1.807, 2.05) is 0 Å². The van der Waals surface area contributed by atoms with E-state index in [0.717, 1.165) is 5.56 Å². The Morgan fingerprint density at radius 2 is 1.82 bits per heavy atom. The van der Waals surface area contributed by atoms with E-state index in [1.54, 1.807) is 41.1 Å². The molecule has 0 bridgehead atoms. The summed E-state index contributed by atoms with van der Waals surface area (Å²) in [5.41, 5.74) is 1.57. The zero-order valence-corrected chi connectivity index (χ0v) is 12.0. The Hall–Kier alpha value is -2.15. The standard InChI is InChI=1S/C16H19NO5/c18-9-14-13(16(22)15(21)10-19)6-8-17(14)7-5-11-1-3-12(20)4-2-11/h1-4,6,8-9,15-16,19-22H,5,7,10H2/t15-,16+/m1/s1. The Balaban J connectivity index is 2.13. The first kappa shape index (κ1) is 16.2. The van der Waals surface area contributed by atoms with Crippen LogP contribution in [0.2, 0.25) is 0 Å². The average molecular weight is 305 g/mol. The molecule has 0 amide bonds. The smallest absolute Gasteiger partial charge is 0.166 e. The van der Waals surface area contributed by atoms with Gasteiger partial charge in [-0.3, -0.25) is 4.79 Å². The van der Waals surface area contributed by atoms with Crippen LogP contribution in [0.25, 0.3) is 0 Å². The minimum absolute atomic E-state index is 0.196. The van der Waals surface area contributed by atoms with Crippen LogP contribution in [-0.4, -0.2) is 44.0 Å². The molecule has 0 radical (unpaired) electrons. The lowest BCUT2D eigenvalue weighted by molar-refractivity contribution is -0.0155. The molecule has 0 spiro atoms. The zero-order valence-electron chi connectivity index (χ0n) is 12.0. The SMILES string of the molecule is O=Cc1c([C@H](O)[C@H](O)CO)ccn1CCc1ccc(O)cc1. The number of aromatic hydroxyl groups is 1. The van der Waals surface area contributed by atoms with Crippen molar-refractivity contribution in [1.29, 1.82) is 0 Å². The van der Waals surface area contributed by atoms with Crippen molar-refractivity contribution in [2.75, 3.05) is 6.61 Å². The van der Waals surface area contributed by atoms with E-state index in [0.29, 0.717) is 24.8 Å². The molecule has 2 rings (SSSR count). The van der Waals surface area contributed by atoms with Crippen LogP contribution in [0.3, 0.4) is 0 Å². The molecular formula is C16H19NO5. The minimum atomic E-state index is -1.33. The Morgan fingerprint density at radius 3 is 2.41 bits per heavy atom. The van der Waals surface area contributed by atoms with Gasteiger partial charge in [0, 0.05) is 18.3 Å². The maximum Gasteiger partial charge on any atom is 0.166 e. The molecule has 1 heterocycles. The summed E-state index contributed by atoms with van der Waals surface area (Å²) in [5, 5.41) is 37.5. The molecule has 1 aromatic heterocycles. The third-order valence-electron chi connectivity index (χ3n) is 3.60. The van der Waals surface area contributed by atoms with Crippen LogP contribution in [-0.2, 0) is 13.0 Å². The van der Waals surface area contributed by atoms with Crippen molar-refractivity contribution in [2.45, 2.75) is 25.2 Å². The number of aliphatic hydroxyl groups excluding tert-OH is 3. The van der Waals surface area contributed by atoms with Gasteiger partial charge in [-0.05, 0) is 30.2 Å². The zero-order chi connectivity index (χ0) is 16.1. The average Bonchev–Trinajstić information content (AvgIpc) is 2.95. The third-order valence-corrected chi connectivity index (χ3v) is 3.60. The predicted octanol–water partition coefficient (Wildman–Crippen LogP) is 0.635. The summed E-state index contributed by atoms with van der Waals surface area (Å²) >= 11 is 0. The van der Waals surface area contributed by atoms with Crippen molar-refractivity contribution in [3.63, 3.8) is 0 Å². The number of carbonyl (C=O) groups is 1. The molecular weight excluding hydrogens is 286 g/mol. The third kappa shape index (κ3) is 3.54. The molecule has 118 valence electrons. The fourth-order valence-electron chi connectivity index (χ4n) is 2.30. The molecule has 0 aliphatic heterocycles. The molecule has 0 aliphatic rings. The lowest BCUT2D eigenvalue weighted by Crippen LogP contribution is -2.23. The first-order valence-electron chi connectivity index (χ1n) is 6.96. The number of phenols is 1. The number of aldehydes is 1. The number of aromatic nitrogens is 1. The Kier molecular flexibility index (Phi) is 5.32. The van der Waals surface area contributed by atoms with Crippen LogP contribution in [0.1, 0.15) is 27.7 Å². The Labute approximate surface area is 127 Å². The van der Waals surface area contributed by atoms with Crippen LogP contribution in [0.4, 0.5) is 0 Å². The number of rotatable bonds is 7. The molecule has 6 heteroatoms. The van der Waals surface area contributed by atoms with Gasteiger partial charge in [0.05, 0.1) is 12.3 Å². The second-order valence-electron chi connectivity index (χ2n) is 5.08. The highest BCUT2D eigenvalue weighted by Gasteiger charge is 2.22. The second-order valence-corrected chi connectivity index (χ2v) is 5.08. The first-order valence-corrected chi connectivity index (χ1v) is 6.96. The van der Waals surface area contributed by atoms with Crippen LogP contribution in [0.5, 0.6) is 5.75 Å². The molecule has 4 N–H and O–H groups in total. The summed E-state index contributed by atoms with van der Waals surface area (Å²) < 4.78 is 1.68. The normalized spacial score (nSPS) is 13.8. The number of phenolic OH excluding ortho intramolecular Hbond substituents is 1. The number of carbonyl (C=O) groups excluding carboxylic acids is 1. The molecule has 0 fully saturated rings. The molecule has 6 nitrogen and oxygen atoms in total. The molecule has 0 saturated heterocycles. The number of nitrogens with zero attached hydrogens (tertiary/aromatic N) is 1. The Morgan fingerprint density at radius 1 is 1.14 bits per heavy atom. The van der Waals surface area contributed by atoms with E-state index in [4.69, 9.17) is 5.11 Å². The van der Waals surface area contributed by atoms with Gasteiger partial charge in [0.1, 0.15) is 18.0 Å². The van der Waals surface area contributed by atoms with Crippen molar-refractivity contribution in [2.24, 2.45) is 0 Å². The van der Waals surface area contributed by atoms with Gasteiger partial charge in [0.25, 0.3) is 0 Å². The van der Waals surface area contributed by atoms with Gasteiger partial charge in [-0.2, -0.15) is 0 Å². The van der Waals surface area contributed by atoms with E-state index in [1.165, 1.54) is 0 Å². The van der Waals surface area contributed by atoms with Gasteiger partial charge in [0.15, 0.2) is 6.29 Å². The topological polar surface area (TPSA) is 103 Å². The first-order chi connectivity index (χ1) is 10.6. The summed E-state index contributed by atoms with van der Waals surface area (Å²) in [6, 6.07) is 8.34. The van der Waals surface area contributed by atoms with Crippen LogP contribution < -0.4 is 0 Å². The number of hydrogen-bond donors (Lipinski definition) is 4. The van der Waals surface area contributed by atoms with Gasteiger partial charge >= 0.3 is 0 Å². The molecule has 0 aliphatic carbocycles. The maximum absolute atomic E-state index is 11.3. The minimum Gasteiger partial charge on any atom is -0.508 e. The van der Waals surface area contributed by atoms with E-state index in [9.17, 15) is 20.1 Å². The Bertz CT molecular complexity index is 620. The summed E-state index contributed by atoms with van der Waals surface area (Å²) in [7, 11) is 0. The van der Waals surface area contributed by atoms with Crippen molar-refractivity contribution in [3.8, 4) is 5.75 Å². The molecule has 0 unspecified atom stereocenters. The monoisotopic (exact) mass is 305 g/mol. The molecule has 2 aromatic rings.